The van der Waals surface area contributed by atoms with Gasteiger partial charge in [0.15, 0.2) is 11.6 Å². The summed E-state index contributed by atoms with van der Waals surface area (Å²) in [6, 6.07) is 6.35. The van der Waals surface area contributed by atoms with Crippen molar-refractivity contribution in [1.82, 2.24) is 4.90 Å². The van der Waals surface area contributed by atoms with E-state index in [4.69, 9.17) is 9.47 Å². The molecule has 9 heteroatoms. The number of rotatable bonds is 2. The highest BCUT2D eigenvalue weighted by atomic mass is 19.2. The monoisotopic (exact) mass is 456 g/mol. The van der Waals surface area contributed by atoms with Crippen LogP contribution in [0.25, 0.3) is 0 Å². The topological polar surface area (TPSA) is 84.9 Å². The van der Waals surface area contributed by atoms with Crippen molar-refractivity contribution in [1.29, 1.82) is 0 Å². The molecule has 0 aliphatic carbocycles. The number of nitrogens with zero attached hydrogens (tertiary/aromatic N) is 1. The number of esters is 1. The lowest BCUT2D eigenvalue weighted by molar-refractivity contribution is -0.155. The molecule has 3 heterocycles. The normalized spacial score (nSPS) is 27.4. The van der Waals surface area contributed by atoms with Crippen molar-refractivity contribution in [3.05, 3.63) is 58.7 Å². The zero-order valence-electron chi connectivity index (χ0n) is 18.3. The van der Waals surface area contributed by atoms with E-state index < -0.39 is 52.8 Å². The van der Waals surface area contributed by atoms with Gasteiger partial charge in [0.2, 0.25) is 0 Å². The predicted octanol–water partition coefficient (Wildman–Crippen LogP) is 3.37. The number of anilines is 1. The summed E-state index contributed by atoms with van der Waals surface area (Å²) in [5, 5.41) is 2.55. The molecule has 0 saturated carbocycles. The zero-order chi connectivity index (χ0) is 23.7. The van der Waals surface area contributed by atoms with Gasteiger partial charge in [-0.2, -0.15) is 0 Å². The van der Waals surface area contributed by atoms with Crippen LogP contribution in [0.15, 0.2) is 30.3 Å². The highest BCUT2D eigenvalue weighted by molar-refractivity contribution is 6.13. The Bertz CT molecular complexity index is 1220. The number of halogens is 2. The van der Waals surface area contributed by atoms with Gasteiger partial charge in [-0.15, -0.1) is 0 Å². The minimum atomic E-state index is -1.68. The van der Waals surface area contributed by atoms with Crippen molar-refractivity contribution in [3.8, 4) is 5.75 Å². The van der Waals surface area contributed by atoms with Crippen LogP contribution in [0.3, 0.4) is 0 Å². The van der Waals surface area contributed by atoms with Crippen molar-refractivity contribution in [2.24, 2.45) is 11.8 Å². The molecule has 7 nitrogen and oxygen atoms in total. The van der Waals surface area contributed by atoms with E-state index in [-0.39, 0.29) is 24.5 Å². The van der Waals surface area contributed by atoms with Gasteiger partial charge in [0.1, 0.15) is 11.3 Å². The van der Waals surface area contributed by atoms with Crippen LogP contribution in [0.2, 0.25) is 0 Å². The standard InChI is InChI=1S/C24H22F2N2O5/c1-4-32-22(30)19-14-10-33-18-6-5-11(2)7-13(18)20(14)28-21(29)12-8-15(25)16(26)9-17(12)27-23(31)24(19,28)3/h5-9,14,19-20H,4,10H2,1-3H3,(H,27,31)/t14-,19-,20+,24-/m1/s1. The molecule has 1 fully saturated rings. The lowest BCUT2D eigenvalue weighted by Crippen LogP contribution is -2.57. The van der Waals surface area contributed by atoms with E-state index in [0.29, 0.717) is 11.3 Å². The van der Waals surface area contributed by atoms with Gasteiger partial charge in [0.05, 0.1) is 36.4 Å². The molecule has 2 amide bonds. The van der Waals surface area contributed by atoms with Gasteiger partial charge in [-0.25, -0.2) is 8.78 Å². The zero-order valence-corrected chi connectivity index (χ0v) is 18.3. The van der Waals surface area contributed by atoms with E-state index in [0.717, 1.165) is 17.7 Å². The van der Waals surface area contributed by atoms with E-state index in [1.807, 2.05) is 19.1 Å². The summed E-state index contributed by atoms with van der Waals surface area (Å²) in [6.45, 7) is 5.20. The Morgan fingerprint density at radius 1 is 1.24 bits per heavy atom. The number of ether oxygens (including phenoxy) is 2. The Hall–Kier alpha value is -3.49. The first kappa shape index (κ1) is 21.4. The fourth-order valence-corrected chi connectivity index (χ4v) is 5.43. The summed E-state index contributed by atoms with van der Waals surface area (Å²) < 4.78 is 39.3. The molecule has 0 spiro atoms. The SMILES string of the molecule is CCOC(=O)[C@H]1[C@H]2COc3ccc(C)cc3[C@@H]2N2C(=O)c3cc(F)c(F)cc3NC(=O)[C@@]12C. The minimum Gasteiger partial charge on any atom is -0.493 e. The highest BCUT2D eigenvalue weighted by Crippen LogP contribution is 2.57. The molecule has 1 saturated heterocycles. The molecule has 3 aliphatic heterocycles. The molecule has 33 heavy (non-hydrogen) atoms. The van der Waals surface area contributed by atoms with Crippen LogP contribution in [0, 0.1) is 30.4 Å². The summed E-state index contributed by atoms with van der Waals surface area (Å²) in [5.74, 6) is -5.49. The van der Waals surface area contributed by atoms with Crippen LogP contribution in [0.5, 0.6) is 5.75 Å². The van der Waals surface area contributed by atoms with Gasteiger partial charge in [0, 0.05) is 17.5 Å². The Kier molecular flexibility index (Phi) is 4.70. The van der Waals surface area contributed by atoms with Crippen LogP contribution in [-0.4, -0.2) is 41.4 Å². The highest BCUT2D eigenvalue weighted by Gasteiger charge is 2.67. The molecular weight excluding hydrogens is 434 g/mol. The van der Waals surface area contributed by atoms with Crippen LogP contribution in [-0.2, 0) is 14.3 Å². The Morgan fingerprint density at radius 2 is 1.97 bits per heavy atom. The second-order valence-electron chi connectivity index (χ2n) is 8.78. The van der Waals surface area contributed by atoms with E-state index in [1.54, 1.807) is 13.0 Å². The van der Waals surface area contributed by atoms with Crippen LogP contribution >= 0.6 is 0 Å². The smallest absolute Gasteiger partial charge is 0.312 e. The third-order valence-electron chi connectivity index (χ3n) is 6.89. The minimum absolute atomic E-state index is 0.0848. The molecule has 0 radical (unpaired) electrons. The maximum Gasteiger partial charge on any atom is 0.312 e. The summed E-state index contributed by atoms with van der Waals surface area (Å²) in [4.78, 5) is 42.0. The van der Waals surface area contributed by atoms with Gasteiger partial charge < -0.3 is 19.7 Å². The lowest BCUT2D eigenvalue weighted by Gasteiger charge is -2.38. The maximum atomic E-state index is 14.1. The van der Waals surface area contributed by atoms with Crippen molar-refractivity contribution >= 4 is 23.5 Å². The Balaban J connectivity index is 1.77. The van der Waals surface area contributed by atoms with Crippen LogP contribution in [0.1, 0.15) is 41.4 Å². The molecule has 4 atom stereocenters. The molecule has 0 aromatic heterocycles. The lowest BCUT2D eigenvalue weighted by atomic mass is 9.77. The number of hydrogen-bond acceptors (Lipinski definition) is 5. The van der Waals surface area contributed by atoms with Gasteiger partial charge in [-0.3, -0.25) is 14.4 Å². The number of nitrogens with one attached hydrogen (secondary N) is 1. The Labute approximate surface area is 188 Å². The predicted molar refractivity (Wildman–Crippen MR) is 113 cm³/mol. The second-order valence-corrected chi connectivity index (χ2v) is 8.78. The maximum absolute atomic E-state index is 14.1. The molecule has 1 N–H and O–H groups in total. The number of carbonyl (C=O) groups excluding carboxylic acids is 3. The fraction of sp³-hybridized carbons (Fsp3) is 0.375. The van der Waals surface area contributed by atoms with Crippen LogP contribution in [0.4, 0.5) is 14.5 Å². The van der Waals surface area contributed by atoms with Crippen molar-refractivity contribution in [3.63, 3.8) is 0 Å². The van der Waals surface area contributed by atoms with E-state index in [1.165, 1.54) is 11.8 Å². The number of fused-ring (bicyclic) bond motifs is 6. The van der Waals surface area contributed by atoms with Gasteiger partial charge in [-0.1, -0.05) is 17.7 Å². The average molecular weight is 456 g/mol. The Morgan fingerprint density at radius 3 is 2.70 bits per heavy atom. The molecule has 0 bridgehead atoms. The van der Waals surface area contributed by atoms with Crippen molar-refractivity contribution in [2.45, 2.75) is 32.4 Å². The number of benzene rings is 2. The molecule has 0 unspecified atom stereocenters. The second kappa shape index (κ2) is 7.26. The third kappa shape index (κ3) is 2.87. The first-order valence-corrected chi connectivity index (χ1v) is 10.7. The quantitative estimate of drug-likeness (QED) is 0.701. The summed E-state index contributed by atoms with van der Waals surface area (Å²) >= 11 is 0. The molecular formula is C24H22F2N2O5. The average Bonchev–Trinajstić information content (AvgIpc) is 3.01. The number of carbonyl (C=O) groups is 3. The summed E-state index contributed by atoms with van der Waals surface area (Å²) in [5.41, 5.74) is -0.458. The largest absolute Gasteiger partial charge is 0.493 e. The summed E-state index contributed by atoms with van der Waals surface area (Å²) in [6.07, 6.45) is 0. The summed E-state index contributed by atoms with van der Waals surface area (Å²) in [7, 11) is 0. The first-order chi connectivity index (χ1) is 15.7. The van der Waals surface area contributed by atoms with Crippen molar-refractivity contribution < 1.29 is 32.6 Å². The van der Waals surface area contributed by atoms with Crippen LogP contribution < -0.4 is 10.1 Å². The molecule has 2 aromatic rings. The third-order valence-corrected chi connectivity index (χ3v) is 6.89. The first-order valence-electron chi connectivity index (χ1n) is 10.7. The van der Waals surface area contributed by atoms with Gasteiger partial charge in [-0.05, 0) is 32.9 Å². The van der Waals surface area contributed by atoms with Crippen molar-refractivity contribution in [2.75, 3.05) is 18.5 Å². The molecule has 3 aliphatic rings. The van der Waals surface area contributed by atoms with E-state index in [2.05, 4.69) is 5.32 Å². The van der Waals surface area contributed by atoms with Gasteiger partial charge >= 0.3 is 5.97 Å². The molecule has 172 valence electrons. The number of amides is 2. The van der Waals surface area contributed by atoms with E-state index in [9.17, 15) is 23.2 Å². The van der Waals surface area contributed by atoms with Gasteiger partial charge in [0.25, 0.3) is 11.8 Å². The fourth-order valence-electron chi connectivity index (χ4n) is 5.43. The molecule has 5 rings (SSSR count). The number of aryl methyl sites for hydroxylation is 1. The molecule has 2 aromatic carbocycles. The van der Waals surface area contributed by atoms with E-state index >= 15 is 0 Å². The number of hydrogen-bond donors (Lipinski definition) is 1.